The van der Waals surface area contributed by atoms with E-state index in [1.807, 2.05) is 18.2 Å². The molecule has 7 rings (SSSR count). The van der Waals surface area contributed by atoms with E-state index >= 15 is 4.39 Å². The molecule has 0 saturated carbocycles. The van der Waals surface area contributed by atoms with E-state index < -0.39 is 5.82 Å². The van der Waals surface area contributed by atoms with Gasteiger partial charge in [0.2, 0.25) is 0 Å². The standard InChI is InChI=1S/C31H23FN8O3/c32-23-15-26(39-12-2-11-35-39)37-30-27(23)38-29(22-3-1-10-34-28(22)33)40(30)20-6-7-21-17(14-20)4-8-24(21)36-31(43)18-5-9-25(42)19(13-18)16-41/h1-3,5-7,9-16,24,42H,4,8H2,(H2,33,34)(H,36,43)/t24-/m0/s1. The smallest absolute Gasteiger partial charge is 0.251 e. The Bertz CT molecular complexity index is 2050. The number of fused-ring (bicyclic) bond motifs is 2. The van der Waals surface area contributed by atoms with Crippen molar-refractivity contribution in [2.75, 3.05) is 5.73 Å². The fourth-order valence-corrected chi connectivity index (χ4v) is 5.48. The van der Waals surface area contributed by atoms with Crippen molar-refractivity contribution < 1.29 is 19.1 Å². The fourth-order valence-electron chi connectivity index (χ4n) is 5.48. The van der Waals surface area contributed by atoms with E-state index in [0.29, 0.717) is 36.2 Å². The van der Waals surface area contributed by atoms with Crippen LogP contribution in [0.1, 0.15) is 44.3 Å². The molecule has 4 N–H and O–H groups in total. The van der Waals surface area contributed by atoms with Gasteiger partial charge in [0, 0.05) is 35.9 Å². The van der Waals surface area contributed by atoms with Gasteiger partial charge in [-0.3, -0.25) is 14.2 Å². The maximum Gasteiger partial charge on any atom is 0.251 e. The van der Waals surface area contributed by atoms with Crippen LogP contribution in [0.25, 0.3) is 34.1 Å². The van der Waals surface area contributed by atoms with Crippen LogP contribution in [-0.4, -0.2) is 46.6 Å². The minimum absolute atomic E-state index is 0.0440. The zero-order valence-electron chi connectivity index (χ0n) is 22.5. The number of rotatable bonds is 6. The zero-order chi connectivity index (χ0) is 29.7. The third kappa shape index (κ3) is 4.45. The van der Waals surface area contributed by atoms with E-state index in [1.165, 1.54) is 28.9 Å². The summed E-state index contributed by atoms with van der Waals surface area (Å²) in [6.45, 7) is 0. The van der Waals surface area contributed by atoms with Gasteiger partial charge in [0.05, 0.1) is 17.2 Å². The lowest BCUT2D eigenvalue weighted by Gasteiger charge is -2.16. The lowest BCUT2D eigenvalue weighted by atomic mass is 10.1. The highest BCUT2D eigenvalue weighted by molar-refractivity contribution is 5.96. The molecule has 4 heterocycles. The monoisotopic (exact) mass is 574 g/mol. The van der Waals surface area contributed by atoms with Gasteiger partial charge in [0.1, 0.15) is 17.1 Å². The predicted molar refractivity (Wildman–Crippen MR) is 156 cm³/mol. The van der Waals surface area contributed by atoms with Gasteiger partial charge in [-0.25, -0.2) is 24.0 Å². The number of benzene rings is 2. The molecule has 212 valence electrons. The molecule has 1 atom stereocenters. The molecule has 0 saturated heterocycles. The Hall–Kier alpha value is -5.91. The number of aromatic hydroxyl groups is 1. The summed E-state index contributed by atoms with van der Waals surface area (Å²) >= 11 is 0. The van der Waals surface area contributed by atoms with E-state index in [9.17, 15) is 14.7 Å². The SMILES string of the molecule is Nc1ncccc1-c1nc2c(F)cc(-n3cccn3)nc2n1-c1ccc2c(c1)CC[C@@H]2NC(=O)c1ccc(O)c(C=O)c1. The first-order chi connectivity index (χ1) is 20.9. The number of carbonyl (C=O) groups is 2. The number of nitrogen functional groups attached to an aromatic ring is 1. The van der Waals surface area contributed by atoms with Gasteiger partial charge in [-0.1, -0.05) is 6.07 Å². The van der Waals surface area contributed by atoms with Crippen LogP contribution in [0.4, 0.5) is 10.2 Å². The van der Waals surface area contributed by atoms with Crippen molar-refractivity contribution in [3.63, 3.8) is 0 Å². The molecule has 0 fully saturated rings. The number of phenols is 1. The summed E-state index contributed by atoms with van der Waals surface area (Å²) in [6, 6.07) is 16.2. The number of nitrogens with zero attached hydrogens (tertiary/aromatic N) is 6. The Morgan fingerprint density at radius 3 is 2.77 bits per heavy atom. The van der Waals surface area contributed by atoms with Gasteiger partial charge in [-0.15, -0.1) is 0 Å². The minimum atomic E-state index is -0.561. The number of hydrogen-bond acceptors (Lipinski definition) is 8. The van der Waals surface area contributed by atoms with Crippen LogP contribution in [0.2, 0.25) is 0 Å². The highest BCUT2D eigenvalue weighted by atomic mass is 19.1. The van der Waals surface area contributed by atoms with E-state index in [0.717, 1.165) is 11.1 Å². The maximum absolute atomic E-state index is 15.5. The van der Waals surface area contributed by atoms with Crippen molar-refractivity contribution in [2.45, 2.75) is 18.9 Å². The first-order valence-electron chi connectivity index (χ1n) is 13.4. The average molecular weight is 575 g/mol. The molecular weight excluding hydrogens is 551 g/mol. The highest BCUT2D eigenvalue weighted by Gasteiger charge is 2.27. The van der Waals surface area contributed by atoms with Crippen molar-refractivity contribution in [2.24, 2.45) is 0 Å². The van der Waals surface area contributed by atoms with Crippen LogP contribution in [-0.2, 0) is 6.42 Å². The molecule has 0 unspecified atom stereocenters. The second-order valence-electron chi connectivity index (χ2n) is 10.1. The number of carbonyl (C=O) groups excluding carboxylic acids is 2. The molecule has 12 heteroatoms. The number of anilines is 1. The van der Waals surface area contributed by atoms with E-state index in [2.05, 4.69) is 20.4 Å². The van der Waals surface area contributed by atoms with Gasteiger partial charge in [-0.05, 0) is 72.5 Å². The molecule has 0 spiro atoms. The van der Waals surface area contributed by atoms with E-state index in [-0.39, 0.29) is 51.6 Å². The zero-order valence-corrected chi connectivity index (χ0v) is 22.5. The average Bonchev–Trinajstić information content (AvgIpc) is 3.77. The molecule has 1 amide bonds. The fraction of sp³-hybridized carbons (Fsp3) is 0.0968. The van der Waals surface area contributed by atoms with E-state index in [1.54, 1.807) is 41.4 Å². The van der Waals surface area contributed by atoms with Gasteiger partial charge in [-0.2, -0.15) is 5.10 Å². The summed E-state index contributed by atoms with van der Waals surface area (Å²) in [6.07, 6.45) is 6.68. The van der Waals surface area contributed by atoms with Crippen LogP contribution in [0, 0.1) is 5.82 Å². The molecular formula is C31H23FN8O3. The van der Waals surface area contributed by atoms with Gasteiger partial charge in [0.25, 0.3) is 5.91 Å². The summed E-state index contributed by atoms with van der Waals surface area (Å²) in [5.41, 5.74) is 10.0. The molecule has 43 heavy (non-hydrogen) atoms. The lowest BCUT2D eigenvalue weighted by molar-refractivity contribution is 0.0936. The Labute approximate surface area is 243 Å². The predicted octanol–water partition coefficient (Wildman–Crippen LogP) is 4.32. The van der Waals surface area contributed by atoms with Crippen molar-refractivity contribution in [1.29, 1.82) is 0 Å². The Balaban J connectivity index is 1.31. The number of nitrogens with one attached hydrogen (secondary N) is 1. The van der Waals surface area contributed by atoms with Gasteiger partial charge in [0.15, 0.2) is 29.4 Å². The summed E-state index contributed by atoms with van der Waals surface area (Å²) in [4.78, 5) is 37.8. The first-order valence-corrected chi connectivity index (χ1v) is 13.4. The number of imidazole rings is 1. The van der Waals surface area contributed by atoms with Crippen molar-refractivity contribution in [3.05, 3.63) is 107 Å². The maximum atomic E-state index is 15.5. The van der Waals surface area contributed by atoms with Crippen molar-refractivity contribution in [1.82, 2.24) is 34.6 Å². The summed E-state index contributed by atoms with van der Waals surface area (Å²) in [5, 5.41) is 17.0. The number of aryl methyl sites for hydroxylation is 1. The molecule has 6 aromatic rings. The molecule has 11 nitrogen and oxygen atoms in total. The van der Waals surface area contributed by atoms with Crippen LogP contribution < -0.4 is 11.1 Å². The Morgan fingerprint density at radius 1 is 1.09 bits per heavy atom. The molecule has 0 bridgehead atoms. The second-order valence-corrected chi connectivity index (χ2v) is 10.1. The third-order valence-electron chi connectivity index (χ3n) is 7.56. The second kappa shape index (κ2) is 10.2. The number of aldehydes is 1. The quantitative estimate of drug-likeness (QED) is 0.249. The van der Waals surface area contributed by atoms with Crippen LogP contribution in [0.5, 0.6) is 5.75 Å². The lowest BCUT2D eigenvalue weighted by Crippen LogP contribution is -2.27. The van der Waals surface area contributed by atoms with Gasteiger partial charge < -0.3 is 16.2 Å². The number of hydrogen-bond donors (Lipinski definition) is 3. The number of nitrogens with two attached hydrogens (primary N) is 1. The molecule has 1 aliphatic rings. The van der Waals surface area contributed by atoms with Crippen molar-refractivity contribution in [3.8, 4) is 28.6 Å². The van der Waals surface area contributed by atoms with Gasteiger partial charge >= 0.3 is 0 Å². The summed E-state index contributed by atoms with van der Waals surface area (Å²) in [7, 11) is 0. The Kier molecular flexibility index (Phi) is 6.16. The van der Waals surface area contributed by atoms with Crippen LogP contribution >= 0.6 is 0 Å². The largest absolute Gasteiger partial charge is 0.507 e. The van der Waals surface area contributed by atoms with Crippen LogP contribution in [0.15, 0.2) is 79.3 Å². The number of phenolic OH excluding ortho intramolecular Hbond substituents is 1. The van der Waals surface area contributed by atoms with E-state index in [4.69, 9.17) is 10.7 Å². The molecule has 4 aromatic heterocycles. The molecule has 1 aliphatic carbocycles. The van der Waals surface area contributed by atoms with Crippen molar-refractivity contribution >= 4 is 29.2 Å². The number of halogens is 1. The minimum Gasteiger partial charge on any atom is -0.507 e. The highest BCUT2D eigenvalue weighted by Crippen LogP contribution is 2.36. The number of pyridine rings is 2. The molecule has 0 radical (unpaired) electrons. The normalized spacial score (nSPS) is 14.1. The number of amides is 1. The topological polar surface area (TPSA) is 154 Å². The van der Waals surface area contributed by atoms with Crippen LogP contribution in [0.3, 0.4) is 0 Å². The molecule has 2 aromatic carbocycles. The number of aromatic nitrogens is 6. The summed E-state index contributed by atoms with van der Waals surface area (Å²) in [5.74, 6) is -0.193. The third-order valence-corrected chi connectivity index (χ3v) is 7.56. The Morgan fingerprint density at radius 2 is 1.98 bits per heavy atom. The first kappa shape index (κ1) is 26.0. The molecule has 0 aliphatic heterocycles. The summed E-state index contributed by atoms with van der Waals surface area (Å²) < 4.78 is 18.7.